The van der Waals surface area contributed by atoms with Crippen molar-refractivity contribution in [3.05, 3.63) is 11.2 Å². The maximum Gasteiger partial charge on any atom is 0.239 e. The Hall–Kier alpha value is -1.15. The van der Waals surface area contributed by atoms with Gasteiger partial charge in [0.1, 0.15) is 5.02 Å². The summed E-state index contributed by atoms with van der Waals surface area (Å²) >= 11 is 5.96. The van der Waals surface area contributed by atoms with Crippen LogP contribution < -0.4 is 16.6 Å². The fourth-order valence-corrected chi connectivity index (χ4v) is 1.44. The van der Waals surface area contributed by atoms with Crippen LogP contribution in [0.2, 0.25) is 5.02 Å². The number of halogens is 1. The van der Waals surface area contributed by atoms with Crippen molar-refractivity contribution in [3.63, 3.8) is 0 Å². The molecule has 0 spiro atoms. The molecule has 0 aliphatic rings. The van der Waals surface area contributed by atoms with Crippen LogP contribution in [0.25, 0.3) is 0 Å². The van der Waals surface area contributed by atoms with Gasteiger partial charge in [-0.05, 0) is 7.05 Å². The average molecular weight is 275 g/mol. The Morgan fingerprint density at radius 3 is 2.94 bits per heavy atom. The molecule has 0 aliphatic heterocycles. The molecule has 0 unspecified atom stereocenters. The third-order valence-corrected chi connectivity index (χ3v) is 2.61. The van der Waals surface area contributed by atoms with Crippen LogP contribution in [0, 0.1) is 0 Å². The van der Waals surface area contributed by atoms with Gasteiger partial charge in [0.25, 0.3) is 0 Å². The molecule has 0 radical (unpaired) electrons. The van der Waals surface area contributed by atoms with Crippen LogP contribution in [0.4, 0.5) is 11.8 Å². The largest absolute Gasteiger partial charge is 0.383 e. The van der Waals surface area contributed by atoms with Crippen LogP contribution in [0.3, 0.4) is 0 Å². The first-order chi connectivity index (χ1) is 8.67. The number of nitrogens with two attached hydrogens (primary N) is 1. The highest BCUT2D eigenvalue weighted by molar-refractivity contribution is 6.32. The first kappa shape index (κ1) is 14.9. The number of hydrazine groups is 1. The molecule has 0 saturated heterocycles. The van der Waals surface area contributed by atoms with Gasteiger partial charge in [0, 0.05) is 26.7 Å². The fourth-order valence-electron chi connectivity index (χ4n) is 1.28. The van der Waals surface area contributed by atoms with Crippen molar-refractivity contribution < 1.29 is 4.74 Å². The number of ether oxygens (including phenoxy) is 1. The molecule has 1 heterocycles. The van der Waals surface area contributed by atoms with E-state index in [1.54, 1.807) is 7.11 Å². The van der Waals surface area contributed by atoms with E-state index >= 15 is 0 Å². The second-order valence-electron chi connectivity index (χ2n) is 3.76. The van der Waals surface area contributed by atoms with Crippen LogP contribution in [0.5, 0.6) is 0 Å². The first-order valence-electron chi connectivity index (χ1n) is 5.58. The molecule has 0 saturated carbocycles. The molecule has 7 nitrogen and oxygen atoms in total. The van der Waals surface area contributed by atoms with Gasteiger partial charge in [-0.25, -0.2) is 10.8 Å². The Morgan fingerprint density at radius 1 is 1.50 bits per heavy atom. The zero-order valence-corrected chi connectivity index (χ0v) is 11.4. The summed E-state index contributed by atoms with van der Waals surface area (Å²) < 4.78 is 5.00. The van der Waals surface area contributed by atoms with E-state index in [4.69, 9.17) is 22.2 Å². The number of likely N-dealkylation sites (N-methyl/N-ethyl adjacent to an activating group) is 1. The molecule has 0 aliphatic carbocycles. The highest BCUT2D eigenvalue weighted by Gasteiger charge is 2.04. The highest BCUT2D eigenvalue weighted by Crippen LogP contribution is 2.18. The lowest BCUT2D eigenvalue weighted by Gasteiger charge is -2.16. The number of hydrogen-bond donors (Lipinski definition) is 3. The van der Waals surface area contributed by atoms with Crippen LogP contribution in [0.1, 0.15) is 0 Å². The van der Waals surface area contributed by atoms with Crippen molar-refractivity contribution in [2.45, 2.75) is 0 Å². The van der Waals surface area contributed by atoms with E-state index in [2.05, 4.69) is 25.6 Å². The van der Waals surface area contributed by atoms with Gasteiger partial charge in [-0.3, -0.25) is 5.43 Å². The van der Waals surface area contributed by atoms with Crippen molar-refractivity contribution in [1.82, 2.24) is 14.9 Å². The lowest BCUT2D eigenvalue weighted by molar-refractivity contribution is 0.163. The smallest absolute Gasteiger partial charge is 0.239 e. The van der Waals surface area contributed by atoms with Gasteiger partial charge in [0.2, 0.25) is 5.95 Å². The zero-order valence-electron chi connectivity index (χ0n) is 10.6. The normalized spacial score (nSPS) is 10.7. The minimum absolute atomic E-state index is 0.328. The average Bonchev–Trinajstić information content (AvgIpc) is 2.38. The monoisotopic (exact) mass is 274 g/mol. The molecule has 1 rings (SSSR count). The van der Waals surface area contributed by atoms with Crippen LogP contribution in [-0.2, 0) is 4.74 Å². The summed E-state index contributed by atoms with van der Waals surface area (Å²) in [6.07, 6.45) is 1.50. The summed E-state index contributed by atoms with van der Waals surface area (Å²) in [7, 11) is 3.71. The predicted octanol–water partition coefficient (Wildman–Crippen LogP) is 0.406. The molecule has 8 heteroatoms. The molecular weight excluding hydrogens is 256 g/mol. The number of nitrogens with one attached hydrogen (secondary N) is 2. The topological polar surface area (TPSA) is 88.3 Å². The Balaban J connectivity index is 2.38. The summed E-state index contributed by atoms with van der Waals surface area (Å²) in [5.41, 5.74) is 2.37. The molecule has 1 aromatic heterocycles. The number of hydrogen-bond acceptors (Lipinski definition) is 7. The molecule has 0 bridgehead atoms. The Kier molecular flexibility index (Phi) is 6.66. The SMILES string of the molecule is COCCN(C)CCNc1nc(NN)ncc1Cl. The van der Waals surface area contributed by atoms with Gasteiger partial charge in [0.05, 0.1) is 12.8 Å². The van der Waals surface area contributed by atoms with Gasteiger partial charge in [0.15, 0.2) is 5.82 Å². The Morgan fingerprint density at radius 2 is 2.28 bits per heavy atom. The number of aromatic nitrogens is 2. The van der Waals surface area contributed by atoms with E-state index in [0.29, 0.717) is 23.4 Å². The molecule has 0 amide bonds. The number of nitrogens with zero attached hydrogens (tertiary/aromatic N) is 3. The minimum Gasteiger partial charge on any atom is -0.383 e. The quantitative estimate of drug-likeness (QED) is 0.467. The molecule has 102 valence electrons. The number of rotatable bonds is 8. The Bertz CT molecular complexity index is 364. The van der Waals surface area contributed by atoms with Gasteiger partial charge in [-0.1, -0.05) is 11.6 Å². The van der Waals surface area contributed by atoms with Gasteiger partial charge in [-0.2, -0.15) is 4.98 Å². The number of methoxy groups -OCH3 is 1. The van der Waals surface area contributed by atoms with E-state index in [-0.39, 0.29) is 0 Å². The second-order valence-corrected chi connectivity index (χ2v) is 4.16. The van der Waals surface area contributed by atoms with E-state index in [1.165, 1.54) is 6.20 Å². The molecule has 0 atom stereocenters. The standard InChI is InChI=1S/C10H19ClN6O/c1-17(5-6-18-2)4-3-13-9-8(11)7-14-10(15-9)16-12/h7H,3-6,12H2,1-2H3,(H2,13,14,15,16). The second kappa shape index (κ2) is 8.04. The molecule has 4 N–H and O–H groups in total. The van der Waals surface area contributed by atoms with Gasteiger partial charge < -0.3 is 15.0 Å². The molecule has 1 aromatic rings. The first-order valence-corrected chi connectivity index (χ1v) is 5.95. The predicted molar refractivity (Wildman–Crippen MR) is 72.7 cm³/mol. The van der Waals surface area contributed by atoms with Crippen molar-refractivity contribution in [2.24, 2.45) is 5.84 Å². The summed E-state index contributed by atoms with van der Waals surface area (Å²) in [5.74, 6) is 6.13. The van der Waals surface area contributed by atoms with Crippen molar-refractivity contribution in [1.29, 1.82) is 0 Å². The molecule has 0 fully saturated rings. The van der Waals surface area contributed by atoms with Gasteiger partial charge >= 0.3 is 0 Å². The Labute approximate surface area is 112 Å². The highest BCUT2D eigenvalue weighted by atomic mass is 35.5. The summed E-state index contributed by atoms with van der Waals surface area (Å²) in [5, 5.41) is 3.60. The number of anilines is 2. The third kappa shape index (κ3) is 5.01. The third-order valence-electron chi connectivity index (χ3n) is 2.34. The number of nitrogen functional groups attached to an aromatic ring is 1. The maximum absolute atomic E-state index is 5.96. The molecular formula is C10H19ClN6O. The maximum atomic E-state index is 5.96. The van der Waals surface area contributed by atoms with Crippen LogP contribution in [0.15, 0.2) is 6.20 Å². The van der Waals surface area contributed by atoms with Crippen molar-refractivity contribution in [2.75, 3.05) is 51.1 Å². The fraction of sp³-hybridized carbons (Fsp3) is 0.600. The summed E-state index contributed by atoms with van der Waals surface area (Å²) in [6.45, 7) is 3.17. The minimum atomic E-state index is 0.328. The lowest BCUT2D eigenvalue weighted by Crippen LogP contribution is -2.28. The molecule has 0 aromatic carbocycles. The van der Waals surface area contributed by atoms with E-state index in [0.717, 1.165) is 19.6 Å². The summed E-state index contributed by atoms with van der Waals surface area (Å²) in [6, 6.07) is 0. The van der Waals surface area contributed by atoms with Crippen LogP contribution >= 0.6 is 11.6 Å². The lowest BCUT2D eigenvalue weighted by atomic mass is 10.5. The van der Waals surface area contributed by atoms with Crippen LogP contribution in [-0.4, -0.2) is 55.3 Å². The zero-order chi connectivity index (χ0) is 13.4. The van der Waals surface area contributed by atoms with Crippen molar-refractivity contribution in [3.8, 4) is 0 Å². The van der Waals surface area contributed by atoms with E-state index in [9.17, 15) is 0 Å². The van der Waals surface area contributed by atoms with Gasteiger partial charge in [-0.15, -0.1) is 0 Å². The summed E-state index contributed by atoms with van der Waals surface area (Å²) in [4.78, 5) is 10.2. The van der Waals surface area contributed by atoms with E-state index in [1.807, 2.05) is 7.05 Å². The van der Waals surface area contributed by atoms with Crippen molar-refractivity contribution >= 4 is 23.4 Å². The molecule has 18 heavy (non-hydrogen) atoms. The van der Waals surface area contributed by atoms with E-state index < -0.39 is 0 Å².